The van der Waals surface area contributed by atoms with E-state index in [0.29, 0.717) is 37.2 Å². The van der Waals surface area contributed by atoms with Crippen molar-refractivity contribution in [1.82, 2.24) is 9.55 Å². The van der Waals surface area contributed by atoms with Gasteiger partial charge in [0.1, 0.15) is 0 Å². The number of hydrogen-bond acceptors (Lipinski definition) is 6. The van der Waals surface area contributed by atoms with E-state index in [1.165, 1.54) is 11.3 Å². The number of thiophene rings is 1. The van der Waals surface area contributed by atoms with Crippen LogP contribution in [0.2, 0.25) is 10.0 Å². The molecule has 0 saturated heterocycles. The zero-order valence-electron chi connectivity index (χ0n) is 21.0. The van der Waals surface area contributed by atoms with Crippen molar-refractivity contribution in [1.29, 1.82) is 0 Å². The van der Waals surface area contributed by atoms with Gasteiger partial charge in [0.15, 0.2) is 5.78 Å². The second kappa shape index (κ2) is 11.9. The summed E-state index contributed by atoms with van der Waals surface area (Å²) in [5.41, 5.74) is 8.80. The minimum absolute atomic E-state index is 0.0454. The molecule has 2 amide bonds. The molecule has 40 heavy (non-hydrogen) atoms. The van der Waals surface area contributed by atoms with Crippen molar-refractivity contribution < 1.29 is 14.4 Å². The van der Waals surface area contributed by atoms with E-state index in [0.717, 1.165) is 10.4 Å². The fourth-order valence-corrected chi connectivity index (χ4v) is 5.58. The molecule has 0 fully saturated rings. The van der Waals surface area contributed by atoms with Crippen LogP contribution >= 0.6 is 34.5 Å². The van der Waals surface area contributed by atoms with Crippen LogP contribution in [0.15, 0.2) is 78.9 Å². The SMILES string of the molecule is NC(=O)CCn1c(NC(=O)c2ccc(-c3cc(Cl)cc(Cl)c3)s2)nc2cc(NCC(=O)c3ccccc3)ccc21. The first-order valence-corrected chi connectivity index (χ1v) is 13.8. The molecule has 2 aromatic heterocycles. The molecular weight excluding hydrogens is 569 g/mol. The normalized spacial score (nSPS) is 10.9. The van der Waals surface area contributed by atoms with Gasteiger partial charge in [-0.3, -0.25) is 19.7 Å². The first kappa shape index (κ1) is 27.4. The van der Waals surface area contributed by atoms with Gasteiger partial charge in [-0.05, 0) is 54.1 Å². The van der Waals surface area contributed by atoms with Crippen LogP contribution in [0.3, 0.4) is 0 Å². The number of carbonyl (C=O) groups is 3. The molecule has 0 radical (unpaired) electrons. The smallest absolute Gasteiger partial charge is 0.268 e. The summed E-state index contributed by atoms with van der Waals surface area (Å²) in [6.07, 6.45) is 0.0680. The lowest BCUT2D eigenvalue weighted by atomic mass is 10.1. The molecule has 0 aliphatic rings. The minimum atomic E-state index is -0.472. The number of anilines is 2. The predicted molar refractivity (Wildman–Crippen MR) is 161 cm³/mol. The number of aromatic nitrogens is 2. The number of imidazole rings is 1. The highest BCUT2D eigenvalue weighted by Crippen LogP contribution is 2.33. The number of carbonyl (C=O) groups excluding carboxylic acids is 3. The number of amides is 2. The third-order valence-corrected chi connectivity index (χ3v) is 7.65. The van der Waals surface area contributed by atoms with Crippen LogP contribution in [0.5, 0.6) is 0 Å². The Hall–Kier alpha value is -4.18. The van der Waals surface area contributed by atoms with E-state index in [9.17, 15) is 14.4 Å². The molecule has 5 rings (SSSR count). The van der Waals surface area contributed by atoms with Gasteiger partial charge in [0.25, 0.3) is 5.91 Å². The molecule has 0 bridgehead atoms. The van der Waals surface area contributed by atoms with Crippen molar-refractivity contribution >= 4 is 74.8 Å². The molecule has 0 unspecified atom stereocenters. The zero-order valence-corrected chi connectivity index (χ0v) is 23.3. The van der Waals surface area contributed by atoms with Crippen LogP contribution in [0.4, 0.5) is 11.6 Å². The van der Waals surface area contributed by atoms with Crippen molar-refractivity contribution in [2.75, 3.05) is 17.2 Å². The lowest BCUT2D eigenvalue weighted by Gasteiger charge is -2.09. The Balaban J connectivity index is 1.37. The van der Waals surface area contributed by atoms with Gasteiger partial charge in [0, 0.05) is 39.1 Å². The molecule has 0 aliphatic carbocycles. The number of benzene rings is 3. The predicted octanol–water partition coefficient (Wildman–Crippen LogP) is 6.49. The second-order valence-corrected chi connectivity index (χ2v) is 10.9. The van der Waals surface area contributed by atoms with Crippen molar-refractivity contribution in [3.8, 4) is 10.4 Å². The minimum Gasteiger partial charge on any atom is -0.378 e. The van der Waals surface area contributed by atoms with Crippen LogP contribution in [-0.2, 0) is 11.3 Å². The van der Waals surface area contributed by atoms with Gasteiger partial charge in [-0.1, -0.05) is 53.5 Å². The molecule has 5 aromatic rings. The van der Waals surface area contributed by atoms with Crippen LogP contribution in [-0.4, -0.2) is 33.7 Å². The van der Waals surface area contributed by atoms with Gasteiger partial charge in [-0.2, -0.15) is 0 Å². The van der Waals surface area contributed by atoms with E-state index in [1.807, 2.05) is 36.4 Å². The highest BCUT2D eigenvalue weighted by molar-refractivity contribution is 7.17. The van der Waals surface area contributed by atoms with Crippen LogP contribution in [0, 0.1) is 0 Å². The Kier molecular flexibility index (Phi) is 8.16. The van der Waals surface area contributed by atoms with Gasteiger partial charge in [0.2, 0.25) is 11.9 Å². The lowest BCUT2D eigenvalue weighted by molar-refractivity contribution is -0.118. The first-order valence-electron chi connectivity index (χ1n) is 12.3. The maximum atomic E-state index is 13.2. The highest BCUT2D eigenvalue weighted by Gasteiger charge is 2.18. The molecule has 0 atom stereocenters. The Morgan fingerprint density at radius 1 is 0.925 bits per heavy atom. The fourth-order valence-electron chi connectivity index (χ4n) is 4.17. The molecule has 2 heterocycles. The average molecular weight is 593 g/mol. The summed E-state index contributed by atoms with van der Waals surface area (Å²) in [5.74, 6) is -0.595. The standard InChI is InChI=1S/C29H23Cl2N5O3S/c30-19-12-18(13-20(31)14-19)25-8-9-26(40-25)28(39)35-29-34-22-15-21(6-7-23(22)36(29)11-10-27(32)38)33-16-24(37)17-4-2-1-3-5-17/h1-9,12-15,33H,10-11,16H2,(H2,32,38)(H,34,35,39). The van der Waals surface area contributed by atoms with E-state index in [2.05, 4.69) is 15.6 Å². The van der Waals surface area contributed by atoms with Crippen molar-refractivity contribution in [2.24, 2.45) is 5.73 Å². The van der Waals surface area contributed by atoms with E-state index in [4.69, 9.17) is 28.9 Å². The molecule has 11 heteroatoms. The fraction of sp³-hybridized carbons (Fsp3) is 0.103. The van der Waals surface area contributed by atoms with Crippen LogP contribution in [0.25, 0.3) is 21.5 Å². The molecule has 202 valence electrons. The Bertz CT molecular complexity index is 1710. The number of fused-ring (bicyclic) bond motifs is 1. The third-order valence-electron chi connectivity index (χ3n) is 6.08. The topological polar surface area (TPSA) is 119 Å². The molecule has 0 spiro atoms. The number of rotatable bonds is 10. The Morgan fingerprint density at radius 3 is 2.40 bits per heavy atom. The highest BCUT2D eigenvalue weighted by atomic mass is 35.5. The number of hydrogen-bond donors (Lipinski definition) is 3. The van der Waals surface area contributed by atoms with Crippen LogP contribution in [0.1, 0.15) is 26.5 Å². The number of aryl methyl sites for hydroxylation is 1. The van der Waals surface area contributed by atoms with E-state index < -0.39 is 5.91 Å². The second-order valence-electron chi connectivity index (χ2n) is 8.93. The number of Topliss-reactive ketones (excluding diaryl/α,β-unsaturated/α-hetero) is 1. The van der Waals surface area contributed by atoms with E-state index >= 15 is 0 Å². The Labute approximate surface area is 243 Å². The zero-order chi connectivity index (χ0) is 28.2. The number of primary amides is 1. The summed E-state index contributed by atoms with van der Waals surface area (Å²) in [7, 11) is 0. The summed E-state index contributed by atoms with van der Waals surface area (Å²) in [6, 6.07) is 23.2. The van der Waals surface area contributed by atoms with E-state index in [1.54, 1.807) is 47.0 Å². The van der Waals surface area contributed by atoms with Gasteiger partial charge in [-0.25, -0.2) is 4.98 Å². The largest absolute Gasteiger partial charge is 0.378 e. The monoisotopic (exact) mass is 591 g/mol. The maximum absolute atomic E-state index is 13.2. The van der Waals surface area contributed by atoms with Gasteiger partial charge < -0.3 is 15.6 Å². The number of nitrogens with one attached hydrogen (secondary N) is 2. The molecule has 8 nitrogen and oxygen atoms in total. The molecule has 4 N–H and O–H groups in total. The Morgan fingerprint density at radius 2 is 1.68 bits per heavy atom. The number of nitrogens with two attached hydrogens (primary N) is 1. The summed E-state index contributed by atoms with van der Waals surface area (Å²) < 4.78 is 1.74. The van der Waals surface area contributed by atoms with Gasteiger partial charge >= 0.3 is 0 Å². The van der Waals surface area contributed by atoms with E-state index in [-0.39, 0.29) is 37.1 Å². The summed E-state index contributed by atoms with van der Waals surface area (Å²) >= 11 is 13.6. The third kappa shape index (κ3) is 6.34. The number of nitrogens with zero attached hydrogens (tertiary/aromatic N) is 2. The molecule has 0 aliphatic heterocycles. The average Bonchev–Trinajstić information content (AvgIpc) is 3.55. The molecular formula is C29H23Cl2N5O3S. The number of halogens is 2. The van der Waals surface area contributed by atoms with Gasteiger partial charge in [0.05, 0.1) is 22.5 Å². The summed E-state index contributed by atoms with van der Waals surface area (Å²) in [5, 5.41) is 7.00. The maximum Gasteiger partial charge on any atom is 0.268 e. The summed E-state index contributed by atoms with van der Waals surface area (Å²) in [6.45, 7) is 0.345. The van der Waals surface area contributed by atoms with Crippen molar-refractivity contribution in [2.45, 2.75) is 13.0 Å². The van der Waals surface area contributed by atoms with Crippen molar-refractivity contribution in [3.63, 3.8) is 0 Å². The summed E-state index contributed by atoms with van der Waals surface area (Å²) in [4.78, 5) is 43.1. The first-order chi connectivity index (χ1) is 19.3. The van der Waals surface area contributed by atoms with Crippen molar-refractivity contribution in [3.05, 3.63) is 99.3 Å². The number of ketones is 1. The molecule has 3 aromatic carbocycles. The molecule has 0 saturated carbocycles. The quantitative estimate of drug-likeness (QED) is 0.160. The van der Waals surface area contributed by atoms with Crippen LogP contribution < -0.4 is 16.4 Å². The van der Waals surface area contributed by atoms with Gasteiger partial charge in [-0.15, -0.1) is 11.3 Å². The lowest BCUT2D eigenvalue weighted by Crippen LogP contribution is -2.18.